The molecular formula is C17H18N2O5. The van der Waals surface area contributed by atoms with Crippen LogP contribution in [0.2, 0.25) is 0 Å². The zero-order valence-corrected chi connectivity index (χ0v) is 13.3. The van der Waals surface area contributed by atoms with Gasteiger partial charge in [-0.25, -0.2) is 5.43 Å². The highest BCUT2D eigenvalue weighted by Crippen LogP contribution is 2.35. The van der Waals surface area contributed by atoms with Gasteiger partial charge in [0.2, 0.25) is 5.75 Å². The number of carbonyl (C=O) groups excluding carboxylic acids is 1. The maximum absolute atomic E-state index is 12.0. The lowest BCUT2D eigenvalue weighted by Gasteiger charge is -2.06. The average molecular weight is 330 g/mol. The molecule has 126 valence electrons. The molecule has 1 amide bonds. The van der Waals surface area contributed by atoms with E-state index in [0.29, 0.717) is 23.5 Å². The summed E-state index contributed by atoms with van der Waals surface area (Å²) in [4.78, 5) is 12.0. The van der Waals surface area contributed by atoms with Gasteiger partial charge in [-0.3, -0.25) is 4.79 Å². The summed E-state index contributed by atoms with van der Waals surface area (Å²) < 4.78 is 10.2. The lowest BCUT2D eigenvalue weighted by atomic mass is 10.2. The van der Waals surface area contributed by atoms with Crippen molar-refractivity contribution >= 4 is 12.1 Å². The van der Waals surface area contributed by atoms with Gasteiger partial charge < -0.3 is 19.7 Å². The third-order valence-electron chi connectivity index (χ3n) is 3.10. The van der Waals surface area contributed by atoms with Crippen molar-refractivity contribution < 1.29 is 24.5 Å². The normalized spacial score (nSPS) is 10.6. The number of rotatable bonds is 6. The van der Waals surface area contributed by atoms with E-state index in [1.807, 2.05) is 6.92 Å². The first kappa shape index (κ1) is 17.1. The van der Waals surface area contributed by atoms with Crippen LogP contribution in [0.3, 0.4) is 0 Å². The van der Waals surface area contributed by atoms with E-state index in [0.717, 1.165) is 0 Å². The van der Waals surface area contributed by atoms with Gasteiger partial charge in [-0.1, -0.05) is 0 Å². The molecule has 0 unspecified atom stereocenters. The summed E-state index contributed by atoms with van der Waals surface area (Å²) in [5.41, 5.74) is 3.26. The minimum Gasteiger partial charge on any atom is -0.504 e. The number of amides is 1. The number of benzene rings is 2. The summed E-state index contributed by atoms with van der Waals surface area (Å²) in [6, 6.07) is 9.43. The van der Waals surface area contributed by atoms with Gasteiger partial charge in [-0.05, 0) is 43.3 Å². The van der Waals surface area contributed by atoms with Gasteiger partial charge in [-0.2, -0.15) is 5.10 Å². The minimum atomic E-state index is -0.385. The fourth-order valence-corrected chi connectivity index (χ4v) is 1.94. The predicted octanol–water partition coefficient (Wildman–Crippen LogP) is 2.27. The Labute approximate surface area is 139 Å². The molecule has 0 radical (unpaired) electrons. The Morgan fingerprint density at radius 3 is 2.58 bits per heavy atom. The zero-order valence-electron chi connectivity index (χ0n) is 13.3. The second-order valence-corrected chi connectivity index (χ2v) is 4.75. The number of aromatic hydroxyl groups is 2. The molecule has 0 bridgehead atoms. The molecule has 3 N–H and O–H groups in total. The molecule has 0 heterocycles. The first-order chi connectivity index (χ1) is 11.5. The van der Waals surface area contributed by atoms with Gasteiger partial charge in [0, 0.05) is 11.1 Å². The van der Waals surface area contributed by atoms with Crippen molar-refractivity contribution in [2.45, 2.75) is 6.92 Å². The Hall–Kier alpha value is -3.22. The van der Waals surface area contributed by atoms with E-state index in [1.165, 1.54) is 25.5 Å². The number of nitrogens with one attached hydrogen (secondary N) is 1. The van der Waals surface area contributed by atoms with Crippen molar-refractivity contribution in [3.63, 3.8) is 0 Å². The second-order valence-electron chi connectivity index (χ2n) is 4.75. The molecule has 24 heavy (non-hydrogen) atoms. The minimum absolute atomic E-state index is 0.106. The van der Waals surface area contributed by atoms with Crippen molar-refractivity contribution in [2.24, 2.45) is 5.10 Å². The number of hydrogen-bond acceptors (Lipinski definition) is 6. The van der Waals surface area contributed by atoms with E-state index < -0.39 is 0 Å². The topological polar surface area (TPSA) is 100 Å². The van der Waals surface area contributed by atoms with Crippen LogP contribution in [0.4, 0.5) is 0 Å². The first-order valence-corrected chi connectivity index (χ1v) is 7.21. The number of methoxy groups -OCH3 is 1. The molecule has 0 fully saturated rings. The number of phenolic OH excluding ortho intramolecular Hbond substituents is 2. The Kier molecular flexibility index (Phi) is 5.62. The largest absolute Gasteiger partial charge is 0.504 e. The molecule has 0 aliphatic rings. The maximum Gasteiger partial charge on any atom is 0.271 e. The maximum atomic E-state index is 12.0. The molecule has 2 aromatic rings. The lowest BCUT2D eigenvalue weighted by Crippen LogP contribution is -2.17. The highest BCUT2D eigenvalue weighted by atomic mass is 16.5. The molecule has 2 aromatic carbocycles. The Morgan fingerprint density at radius 2 is 1.96 bits per heavy atom. The van der Waals surface area contributed by atoms with Crippen LogP contribution in [0, 0.1) is 0 Å². The molecule has 2 rings (SSSR count). The molecule has 7 nitrogen and oxygen atoms in total. The van der Waals surface area contributed by atoms with Gasteiger partial charge in [0.15, 0.2) is 11.5 Å². The molecule has 0 saturated carbocycles. The first-order valence-electron chi connectivity index (χ1n) is 7.21. The van der Waals surface area contributed by atoms with Crippen molar-refractivity contribution in [3.05, 3.63) is 47.5 Å². The van der Waals surface area contributed by atoms with E-state index >= 15 is 0 Å². The summed E-state index contributed by atoms with van der Waals surface area (Å²) >= 11 is 0. The van der Waals surface area contributed by atoms with Gasteiger partial charge >= 0.3 is 0 Å². The van der Waals surface area contributed by atoms with Crippen molar-refractivity contribution in [2.75, 3.05) is 13.7 Å². The van der Waals surface area contributed by atoms with E-state index in [9.17, 15) is 15.0 Å². The zero-order chi connectivity index (χ0) is 17.5. The molecule has 0 saturated heterocycles. The third kappa shape index (κ3) is 4.16. The number of hydrazone groups is 1. The Balaban J connectivity index is 2.03. The summed E-state index contributed by atoms with van der Waals surface area (Å²) in [5, 5.41) is 22.9. The van der Waals surface area contributed by atoms with Gasteiger partial charge in [0.05, 0.1) is 19.9 Å². The van der Waals surface area contributed by atoms with E-state index in [-0.39, 0.29) is 23.2 Å². The molecule has 0 atom stereocenters. The monoisotopic (exact) mass is 330 g/mol. The van der Waals surface area contributed by atoms with Gasteiger partial charge in [-0.15, -0.1) is 0 Å². The van der Waals surface area contributed by atoms with Crippen LogP contribution in [0.1, 0.15) is 22.8 Å². The fraction of sp³-hybridized carbons (Fsp3) is 0.176. The average Bonchev–Trinajstić information content (AvgIpc) is 2.58. The van der Waals surface area contributed by atoms with Crippen LogP contribution in [0.25, 0.3) is 0 Å². The van der Waals surface area contributed by atoms with Crippen molar-refractivity contribution in [1.29, 1.82) is 0 Å². The summed E-state index contributed by atoms with van der Waals surface area (Å²) in [6.45, 7) is 2.43. The molecule has 7 heteroatoms. The molecule has 0 aromatic heterocycles. The van der Waals surface area contributed by atoms with E-state index in [1.54, 1.807) is 24.3 Å². The quantitative estimate of drug-likeness (QED) is 0.428. The summed E-state index contributed by atoms with van der Waals surface area (Å²) in [7, 11) is 1.36. The lowest BCUT2D eigenvalue weighted by molar-refractivity contribution is 0.0955. The van der Waals surface area contributed by atoms with Gasteiger partial charge in [0.25, 0.3) is 5.91 Å². The predicted molar refractivity (Wildman–Crippen MR) is 89.0 cm³/mol. The van der Waals surface area contributed by atoms with Crippen LogP contribution in [-0.4, -0.2) is 36.1 Å². The van der Waals surface area contributed by atoms with Crippen LogP contribution < -0.4 is 14.9 Å². The smallest absolute Gasteiger partial charge is 0.271 e. The van der Waals surface area contributed by atoms with E-state index in [4.69, 9.17) is 9.47 Å². The number of hydrogen-bond donors (Lipinski definition) is 3. The van der Waals surface area contributed by atoms with Crippen LogP contribution >= 0.6 is 0 Å². The third-order valence-corrected chi connectivity index (χ3v) is 3.10. The Morgan fingerprint density at radius 1 is 1.25 bits per heavy atom. The SMILES string of the molecule is CCOc1ccc(C(=O)N/N=C/c2cc(O)c(O)c(OC)c2)cc1. The van der Waals surface area contributed by atoms with E-state index in [2.05, 4.69) is 10.5 Å². The van der Waals surface area contributed by atoms with Crippen LogP contribution in [-0.2, 0) is 0 Å². The molecule has 0 spiro atoms. The van der Waals surface area contributed by atoms with Gasteiger partial charge in [0.1, 0.15) is 5.75 Å². The number of carbonyl (C=O) groups is 1. The van der Waals surface area contributed by atoms with Crippen molar-refractivity contribution in [1.82, 2.24) is 5.43 Å². The van der Waals surface area contributed by atoms with Crippen LogP contribution in [0.15, 0.2) is 41.5 Å². The highest BCUT2D eigenvalue weighted by molar-refractivity contribution is 5.95. The summed E-state index contributed by atoms with van der Waals surface area (Å²) in [6.07, 6.45) is 1.33. The fourth-order valence-electron chi connectivity index (χ4n) is 1.94. The summed E-state index contributed by atoms with van der Waals surface area (Å²) in [5.74, 6) is -0.288. The number of phenols is 2. The number of ether oxygens (including phenoxy) is 2. The van der Waals surface area contributed by atoms with Crippen LogP contribution in [0.5, 0.6) is 23.0 Å². The highest BCUT2D eigenvalue weighted by Gasteiger charge is 2.09. The number of nitrogens with zero attached hydrogens (tertiary/aromatic N) is 1. The van der Waals surface area contributed by atoms with Crippen molar-refractivity contribution in [3.8, 4) is 23.0 Å². The second kappa shape index (κ2) is 7.87. The Bertz CT molecular complexity index is 741. The molecule has 0 aliphatic carbocycles. The molecular weight excluding hydrogens is 312 g/mol. The molecule has 0 aliphatic heterocycles. The standard InChI is InChI=1S/C17H18N2O5/c1-3-24-13-6-4-12(5-7-13)17(22)19-18-10-11-8-14(20)16(21)15(9-11)23-2/h4-10,20-21H,3H2,1-2H3,(H,19,22)/b18-10+.